The summed E-state index contributed by atoms with van der Waals surface area (Å²) >= 11 is 0. The highest BCUT2D eigenvalue weighted by Gasteiger charge is 2.64. The van der Waals surface area contributed by atoms with Crippen LogP contribution in [0.25, 0.3) is 0 Å². The molecule has 1 aliphatic rings. The number of ether oxygens (including phenoxy) is 5. The number of methoxy groups -OCH3 is 2. The number of alkyl halides is 3. The maximum atomic E-state index is 14.4. The van der Waals surface area contributed by atoms with E-state index in [0.717, 1.165) is 19.2 Å². The second-order valence-corrected chi connectivity index (χ2v) is 7.37. The number of fused-ring (bicyclic) bond motifs is 1. The summed E-state index contributed by atoms with van der Waals surface area (Å²) in [7, 11) is 2.20. The summed E-state index contributed by atoms with van der Waals surface area (Å²) in [4.78, 5) is 13.4. The van der Waals surface area contributed by atoms with Crippen LogP contribution in [0.15, 0.2) is 72.8 Å². The Morgan fingerprint density at radius 2 is 1.56 bits per heavy atom. The average Bonchev–Trinajstić information content (AvgIpc) is 3.32. The van der Waals surface area contributed by atoms with Crippen molar-refractivity contribution >= 4 is 5.97 Å². The molecule has 3 aromatic carbocycles. The molecule has 0 aromatic heterocycles. The molecule has 0 saturated carbocycles. The number of esters is 1. The quantitative estimate of drug-likeness (QED) is 0.441. The van der Waals surface area contributed by atoms with Crippen molar-refractivity contribution in [2.45, 2.75) is 17.9 Å². The molecule has 0 radical (unpaired) electrons. The van der Waals surface area contributed by atoms with Crippen molar-refractivity contribution < 1.29 is 41.7 Å². The molecule has 2 atom stereocenters. The van der Waals surface area contributed by atoms with Crippen LogP contribution in [0.1, 0.15) is 22.8 Å². The number of carbonyl (C=O) groups excluding carboxylic acids is 1. The van der Waals surface area contributed by atoms with Crippen LogP contribution in [-0.4, -0.2) is 33.2 Å². The summed E-state index contributed by atoms with van der Waals surface area (Å²) in [6.45, 7) is -0.0419. The predicted molar refractivity (Wildman–Crippen MR) is 115 cm³/mol. The van der Waals surface area contributed by atoms with Crippen molar-refractivity contribution in [2.24, 2.45) is 0 Å². The summed E-state index contributed by atoms with van der Waals surface area (Å²) < 4.78 is 70.0. The molecule has 0 amide bonds. The third-order valence-corrected chi connectivity index (χ3v) is 5.51. The second kappa shape index (κ2) is 9.26. The molecule has 0 saturated heterocycles. The molecule has 0 spiro atoms. The zero-order chi connectivity index (χ0) is 24.3. The van der Waals surface area contributed by atoms with Crippen LogP contribution in [-0.2, 0) is 19.9 Å². The van der Waals surface area contributed by atoms with E-state index in [1.54, 1.807) is 42.5 Å². The topological polar surface area (TPSA) is 63.2 Å². The summed E-state index contributed by atoms with van der Waals surface area (Å²) in [5.41, 5.74) is -3.04. The highest BCUT2D eigenvalue weighted by atomic mass is 19.4. The molecule has 1 heterocycles. The van der Waals surface area contributed by atoms with E-state index < -0.39 is 29.4 Å². The molecule has 178 valence electrons. The standard InChI is InChI=1S/C25H21F3O6/c1-30-21-18(13-14-19-22(21)33-15-32-19)20(16-9-5-3-6-10-16)34-23(29)24(31-2,25(26,27)28)17-11-7-4-8-12-17/h3-14,20H,15H2,1-2H3/t20-,24+/m0/s1. The van der Waals surface area contributed by atoms with Crippen molar-refractivity contribution in [1.82, 2.24) is 0 Å². The van der Waals surface area contributed by atoms with E-state index in [-0.39, 0.29) is 23.9 Å². The van der Waals surface area contributed by atoms with Crippen LogP contribution in [0.4, 0.5) is 13.2 Å². The minimum Gasteiger partial charge on any atom is -0.492 e. The maximum absolute atomic E-state index is 14.4. The number of hydrogen-bond donors (Lipinski definition) is 0. The van der Waals surface area contributed by atoms with Crippen LogP contribution < -0.4 is 14.2 Å². The average molecular weight is 474 g/mol. The summed E-state index contributed by atoms with van der Waals surface area (Å²) in [5.74, 6) is -0.757. The van der Waals surface area contributed by atoms with Gasteiger partial charge in [0.2, 0.25) is 12.5 Å². The maximum Gasteiger partial charge on any atom is 0.432 e. The molecule has 1 aliphatic heterocycles. The fraction of sp³-hybridized carbons (Fsp3) is 0.240. The molecule has 0 aliphatic carbocycles. The molecular formula is C25H21F3O6. The molecule has 9 heteroatoms. The largest absolute Gasteiger partial charge is 0.492 e. The molecule has 4 rings (SSSR count). The minimum absolute atomic E-state index is 0.0419. The molecule has 0 N–H and O–H groups in total. The third kappa shape index (κ3) is 3.92. The lowest BCUT2D eigenvalue weighted by molar-refractivity contribution is -0.277. The van der Waals surface area contributed by atoms with Crippen molar-refractivity contribution in [3.8, 4) is 17.2 Å². The molecule has 6 nitrogen and oxygen atoms in total. The second-order valence-electron chi connectivity index (χ2n) is 7.37. The molecule has 3 aromatic rings. The summed E-state index contributed by atoms with van der Waals surface area (Å²) in [6.07, 6.45) is -6.38. The van der Waals surface area contributed by atoms with Gasteiger partial charge in [-0.15, -0.1) is 0 Å². The smallest absolute Gasteiger partial charge is 0.432 e. The highest BCUT2D eigenvalue weighted by molar-refractivity contribution is 5.83. The first-order valence-corrected chi connectivity index (χ1v) is 10.2. The Morgan fingerprint density at radius 1 is 0.912 bits per heavy atom. The van der Waals surface area contributed by atoms with Gasteiger partial charge in [-0.05, 0) is 17.7 Å². The Bertz CT molecular complexity index is 1150. The zero-order valence-electron chi connectivity index (χ0n) is 18.3. The Labute approximate surface area is 193 Å². The highest BCUT2D eigenvalue weighted by Crippen LogP contribution is 2.49. The van der Waals surface area contributed by atoms with Gasteiger partial charge in [0.05, 0.1) is 7.11 Å². The van der Waals surface area contributed by atoms with Gasteiger partial charge in [0.15, 0.2) is 17.6 Å². The summed E-state index contributed by atoms with van der Waals surface area (Å²) in [5, 5.41) is 0. The van der Waals surface area contributed by atoms with Crippen molar-refractivity contribution in [3.05, 3.63) is 89.5 Å². The van der Waals surface area contributed by atoms with E-state index in [0.29, 0.717) is 11.3 Å². The van der Waals surface area contributed by atoms with E-state index in [1.807, 2.05) is 0 Å². The molecule has 0 bridgehead atoms. The molecule has 0 fully saturated rings. The van der Waals surface area contributed by atoms with Crippen LogP contribution in [0.5, 0.6) is 17.2 Å². The lowest BCUT2D eigenvalue weighted by atomic mass is 9.92. The normalized spacial score (nSPS) is 15.3. The number of hydrogen-bond acceptors (Lipinski definition) is 6. The van der Waals surface area contributed by atoms with E-state index in [9.17, 15) is 18.0 Å². The van der Waals surface area contributed by atoms with Gasteiger partial charge < -0.3 is 23.7 Å². The third-order valence-electron chi connectivity index (χ3n) is 5.51. The number of rotatable bonds is 7. The van der Waals surface area contributed by atoms with E-state index in [4.69, 9.17) is 23.7 Å². The van der Waals surface area contributed by atoms with E-state index in [2.05, 4.69) is 0 Å². The van der Waals surface area contributed by atoms with Crippen LogP contribution in [0, 0.1) is 0 Å². The first-order valence-electron chi connectivity index (χ1n) is 10.2. The molecular weight excluding hydrogens is 453 g/mol. The lowest BCUT2D eigenvalue weighted by Gasteiger charge is -2.34. The predicted octanol–water partition coefficient (Wildman–Crippen LogP) is 5.16. The Morgan fingerprint density at radius 3 is 2.15 bits per heavy atom. The Balaban J connectivity index is 1.84. The number of halogens is 3. The fourth-order valence-corrected chi connectivity index (χ4v) is 3.90. The van der Waals surface area contributed by atoms with Gasteiger partial charge in [0.1, 0.15) is 0 Å². The van der Waals surface area contributed by atoms with Gasteiger partial charge in [-0.3, -0.25) is 0 Å². The fourth-order valence-electron chi connectivity index (χ4n) is 3.90. The molecule has 0 unspecified atom stereocenters. The van der Waals surface area contributed by atoms with Crippen LogP contribution >= 0.6 is 0 Å². The van der Waals surface area contributed by atoms with Gasteiger partial charge in [0, 0.05) is 18.2 Å². The van der Waals surface area contributed by atoms with Crippen molar-refractivity contribution in [3.63, 3.8) is 0 Å². The van der Waals surface area contributed by atoms with Gasteiger partial charge in [-0.1, -0.05) is 60.7 Å². The van der Waals surface area contributed by atoms with Crippen molar-refractivity contribution in [1.29, 1.82) is 0 Å². The van der Waals surface area contributed by atoms with Crippen molar-refractivity contribution in [2.75, 3.05) is 21.0 Å². The van der Waals surface area contributed by atoms with E-state index >= 15 is 0 Å². The van der Waals surface area contributed by atoms with Gasteiger partial charge in [-0.25, -0.2) is 4.79 Å². The Kier molecular flexibility index (Phi) is 6.39. The van der Waals surface area contributed by atoms with Crippen LogP contribution in [0.2, 0.25) is 0 Å². The Hall–Kier alpha value is -3.72. The van der Waals surface area contributed by atoms with Gasteiger partial charge in [-0.2, -0.15) is 13.2 Å². The first kappa shape index (κ1) is 23.4. The van der Waals surface area contributed by atoms with E-state index in [1.165, 1.54) is 25.3 Å². The van der Waals surface area contributed by atoms with Crippen LogP contribution in [0.3, 0.4) is 0 Å². The number of benzene rings is 3. The monoisotopic (exact) mass is 474 g/mol. The SMILES string of the molecule is COc1c([C@@H](OC(=O)[C@](OC)(c2ccccc2)C(F)(F)F)c2ccccc2)ccc2c1OCO2. The summed E-state index contributed by atoms with van der Waals surface area (Å²) in [6, 6.07) is 18.1. The number of carbonyl (C=O) groups is 1. The molecule has 34 heavy (non-hydrogen) atoms. The zero-order valence-corrected chi connectivity index (χ0v) is 18.3. The minimum atomic E-state index is -5.11. The van der Waals surface area contributed by atoms with Gasteiger partial charge >= 0.3 is 12.1 Å². The lowest BCUT2D eigenvalue weighted by Crippen LogP contribution is -2.52. The van der Waals surface area contributed by atoms with Gasteiger partial charge in [0.25, 0.3) is 5.60 Å². The first-order chi connectivity index (χ1) is 16.3.